The molecule has 3 aromatic rings. The maximum absolute atomic E-state index is 12.9. The van der Waals surface area contributed by atoms with E-state index in [4.69, 9.17) is 4.74 Å². The zero-order valence-corrected chi connectivity index (χ0v) is 17.0. The summed E-state index contributed by atoms with van der Waals surface area (Å²) in [5.74, 6) is 0.527. The van der Waals surface area contributed by atoms with Crippen molar-refractivity contribution in [2.45, 2.75) is 24.5 Å². The molecule has 0 radical (unpaired) electrons. The maximum atomic E-state index is 12.9. The number of hydrogen-bond donors (Lipinski definition) is 0. The Kier molecular flexibility index (Phi) is 4.88. The topological polar surface area (TPSA) is 63.7 Å². The summed E-state index contributed by atoms with van der Waals surface area (Å²) >= 11 is 0. The van der Waals surface area contributed by atoms with Gasteiger partial charge in [-0.25, -0.2) is 8.42 Å². The van der Waals surface area contributed by atoms with Crippen LogP contribution in [-0.2, 0) is 21.2 Å². The Hall–Kier alpha value is -3.12. The summed E-state index contributed by atoms with van der Waals surface area (Å²) in [6.45, 7) is 2.07. The highest BCUT2D eigenvalue weighted by atomic mass is 32.2. The normalized spacial score (nSPS) is 16.3. The van der Waals surface area contributed by atoms with Gasteiger partial charge in [-0.2, -0.15) is 0 Å². The number of fused-ring (bicyclic) bond motifs is 1. The molecule has 0 saturated carbocycles. The number of amides is 1. The second kappa shape index (κ2) is 7.37. The van der Waals surface area contributed by atoms with E-state index in [2.05, 4.69) is 0 Å². The predicted octanol–water partition coefficient (Wildman–Crippen LogP) is 4.07. The van der Waals surface area contributed by atoms with E-state index < -0.39 is 15.9 Å². The summed E-state index contributed by atoms with van der Waals surface area (Å²) in [6.07, 6.45) is 0.594. The molecule has 6 heteroatoms. The lowest BCUT2D eigenvalue weighted by molar-refractivity contribution is -0.125. The Morgan fingerprint density at radius 1 is 0.931 bits per heavy atom. The molecule has 4 rings (SSSR count). The molecule has 0 spiro atoms. The quantitative estimate of drug-likeness (QED) is 0.654. The smallest absolute Gasteiger partial charge is 0.268 e. The van der Waals surface area contributed by atoms with Gasteiger partial charge in [-0.3, -0.25) is 4.79 Å². The Balaban J connectivity index is 1.71. The minimum Gasteiger partial charge on any atom is -0.479 e. The fourth-order valence-electron chi connectivity index (χ4n) is 3.40. The molecule has 0 aromatic heterocycles. The van der Waals surface area contributed by atoms with Crippen LogP contribution in [0.25, 0.3) is 11.1 Å². The van der Waals surface area contributed by atoms with Gasteiger partial charge in [-0.15, -0.1) is 0 Å². The number of benzene rings is 3. The molecule has 0 bridgehead atoms. The first-order valence-corrected chi connectivity index (χ1v) is 11.2. The molecule has 148 valence electrons. The number of ether oxygens (including phenoxy) is 1. The van der Waals surface area contributed by atoms with E-state index in [1.54, 1.807) is 36.1 Å². The van der Waals surface area contributed by atoms with Crippen molar-refractivity contribution >= 4 is 21.4 Å². The van der Waals surface area contributed by atoms with Gasteiger partial charge in [0, 0.05) is 6.26 Å². The van der Waals surface area contributed by atoms with Crippen LogP contribution in [0.5, 0.6) is 5.75 Å². The van der Waals surface area contributed by atoms with Gasteiger partial charge in [-0.1, -0.05) is 48.5 Å². The lowest BCUT2D eigenvalue weighted by atomic mass is 10.0. The average molecular weight is 407 g/mol. The van der Waals surface area contributed by atoms with Crippen molar-refractivity contribution < 1.29 is 17.9 Å². The van der Waals surface area contributed by atoms with E-state index in [9.17, 15) is 13.2 Å². The van der Waals surface area contributed by atoms with E-state index in [-0.39, 0.29) is 10.8 Å². The van der Waals surface area contributed by atoms with Crippen molar-refractivity contribution in [3.63, 3.8) is 0 Å². The average Bonchev–Trinajstić information content (AvgIpc) is 2.71. The van der Waals surface area contributed by atoms with E-state index in [0.29, 0.717) is 18.0 Å². The highest BCUT2D eigenvalue weighted by molar-refractivity contribution is 7.90. The summed E-state index contributed by atoms with van der Waals surface area (Å²) < 4.78 is 29.2. The van der Waals surface area contributed by atoms with Crippen molar-refractivity contribution in [1.29, 1.82) is 0 Å². The van der Waals surface area contributed by atoms with Crippen LogP contribution < -0.4 is 9.64 Å². The van der Waals surface area contributed by atoms with Crippen molar-refractivity contribution in [3.05, 3.63) is 78.4 Å². The third-order valence-corrected chi connectivity index (χ3v) is 6.10. The monoisotopic (exact) mass is 407 g/mol. The molecule has 1 amide bonds. The second-order valence-corrected chi connectivity index (χ2v) is 9.16. The maximum Gasteiger partial charge on any atom is 0.268 e. The first kappa shape index (κ1) is 19.2. The number of carbonyl (C=O) groups excluding carboxylic acids is 1. The largest absolute Gasteiger partial charge is 0.479 e. The van der Waals surface area contributed by atoms with Crippen molar-refractivity contribution in [1.82, 2.24) is 0 Å². The molecular formula is C23H21NO4S. The molecule has 1 heterocycles. The van der Waals surface area contributed by atoms with Crippen LogP contribution in [-0.4, -0.2) is 26.7 Å². The summed E-state index contributed by atoms with van der Waals surface area (Å²) in [6, 6.07) is 22.4. The van der Waals surface area contributed by atoms with Gasteiger partial charge in [0.15, 0.2) is 15.9 Å². The molecule has 1 aliphatic heterocycles. The van der Waals surface area contributed by atoms with E-state index in [1.807, 2.05) is 48.5 Å². The van der Waals surface area contributed by atoms with E-state index in [0.717, 1.165) is 16.7 Å². The number of anilines is 1. The van der Waals surface area contributed by atoms with E-state index >= 15 is 0 Å². The summed E-state index contributed by atoms with van der Waals surface area (Å²) in [4.78, 5) is 14.8. The Bertz CT molecular complexity index is 1160. The second-order valence-electron chi connectivity index (χ2n) is 7.15. The zero-order valence-electron chi connectivity index (χ0n) is 16.2. The molecule has 0 aliphatic carbocycles. The fraction of sp³-hybridized carbons (Fsp3) is 0.174. The summed E-state index contributed by atoms with van der Waals surface area (Å²) in [5, 5.41) is 0. The van der Waals surface area contributed by atoms with Gasteiger partial charge in [-0.05, 0) is 47.9 Å². The van der Waals surface area contributed by atoms with Gasteiger partial charge in [0.1, 0.15) is 5.75 Å². The number of nitrogens with zero attached hydrogens (tertiary/aromatic N) is 1. The molecule has 3 aromatic carbocycles. The van der Waals surface area contributed by atoms with Crippen LogP contribution >= 0.6 is 0 Å². The van der Waals surface area contributed by atoms with Crippen LogP contribution in [0.3, 0.4) is 0 Å². The highest BCUT2D eigenvalue weighted by Gasteiger charge is 2.31. The SMILES string of the molecule is CC1Oc2ccc(-c3ccccc3)cc2N(Cc2ccc(S(C)(=O)=O)cc2)C1=O. The Labute approximate surface area is 170 Å². The Morgan fingerprint density at radius 2 is 1.62 bits per heavy atom. The first-order chi connectivity index (χ1) is 13.8. The molecule has 0 saturated heterocycles. The van der Waals surface area contributed by atoms with Gasteiger partial charge >= 0.3 is 0 Å². The van der Waals surface area contributed by atoms with Gasteiger partial charge in [0.2, 0.25) is 0 Å². The predicted molar refractivity (Wildman–Crippen MR) is 113 cm³/mol. The van der Waals surface area contributed by atoms with Crippen molar-refractivity contribution in [2.75, 3.05) is 11.2 Å². The molecule has 1 atom stereocenters. The van der Waals surface area contributed by atoms with Crippen LogP contribution in [0.1, 0.15) is 12.5 Å². The molecule has 1 aliphatic rings. The zero-order chi connectivity index (χ0) is 20.6. The minimum absolute atomic E-state index is 0.130. The summed E-state index contributed by atoms with van der Waals surface area (Å²) in [5.41, 5.74) is 3.60. The molecule has 0 fully saturated rings. The van der Waals surface area contributed by atoms with Gasteiger partial charge in [0.25, 0.3) is 5.91 Å². The number of sulfone groups is 1. The van der Waals surface area contributed by atoms with Crippen molar-refractivity contribution in [3.8, 4) is 16.9 Å². The Morgan fingerprint density at radius 3 is 2.28 bits per heavy atom. The molecule has 0 N–H and O–H groups in total. The lowest BCUT2D eigenvalue weighted by Gasteiger charge is -2.33. The molecule has 5 nitrogen and oxygen atoms in total. The van der Waals surface area contributed by atoms with Crippen LogP contribution in [0.4, 0.5) is 5.69 Å². The number of rotatable bonds is 4. The lowest BCUT2D eigenvalue weighted by Crippen LogP contribution is -2.44. The summed E-state index contributed by atoms with van der Waals surface area (Å²) in [7, 11) is -3.26. The molecular weight excluding hydrogens is 386 g/mol. The first-order valence-electron chi connectivity index (χ1n) is 9.29. The van der Waals surface area contributed by atoms with Crippen molar-refractivity contribution in [2.24, 2.45) is 0 Å². The third kappa shape index (κ3) is 3.89. The van der Waals surface area contributed by atoms with Gasteiger partial charge in [0.05, 0.1) is 17.1 Å². The molecule has 29 heavy (non-hydrogen) atoms. The fourth-order valence-corrected chi connectivity index (χ4v) is 4.04. The third-order valence-electron chi connectivity index (χ3n) is 4.97. The minimum atomic E-state index is -3.26. The van der Waals surface area contributed by atoms with Crippen LogP contribution in [0, 0.1) is 0 Å². The highest BCUT2D eigenvalue weighted by Crippen LogP contribution is 2.38. The standard InChI is InChI=1S/C23H21NO4S/c1-16-23(25)24(15-17-8-11-20(12-9-17)29(2,26)27)21-14-19(10-13-22(21)28-16)18-6-4-3-5-7-18/h3-14,16H,15H2,1-2H3. The number of carbonyl (C=O) groups is 1. The van der Waals surface area contributed by atoms with Crippen LogP contribution in [0.15, 0.2) is 77.7 Å². The van der Waals surface area contributed by atoms with E-state index in [1.165, 1.54) is 6.26 Å². The molecule has 1 unspecified atom stereocenters. The van der Waals surface area contributed by atoms with Crippen LogP contribution in [0.2, 0.25) is 0 Å². The number of hydrogen-bond acceptors (Lipinski definition) is 4. The van der Waals surface area contributed by atoms with Gasteiger partial charge < -0.3 is 9.64 Å².